The molecule has 6 nitrogen and oxygen atoms in total. The molecule has 0 spiro atoms. The van der Waals surface area contributed by atoms with Crippen molar-refractivity contribution in [3.05, 3.63) is 46.7 Å². The number of anilines is 1. The number of hydrogen-bond acceptors (Lipinski definition) is 5. The number of rotatable bonds is 3. The predicted molar refractivity (Wildman–Crippen MR) is 80.0 cm³/mol. The van der Waals surface area contributed by atoms with E-state index in [0.29, 0.717) is 21.9 Å². The van der Waals surface area contributed by atoms with Gasteiger partial charge in [0.1, 0.15) is 10.7 Å². The highest BCUT2D eigenvalue weighted by molar-refractivity contribution is 7.16. The maximum atomic E-state index is 12.2. The Morgan fingerprint density at radius 3 is 2.86 bits per heavy atom. The van der Waals surface area contributed by atoms with Gasteiger partial charge in [-0.15, -0.1) is 0 Å². The summed E-state index contributed by atoms with van der Waals surface area (Å²) in [6, 6.07) is 6.80. The van der Waals surface area contributed by atoms with Crippen LogP contribution in [0.2, 0.25) is 0 Å². The first-order valence-electron chi connectivity index (χ1n) is 6.28. The van der Waals surface area contributed by atoms with Crippen LogP contribution in [0.25, 0.3) is 4.96 Å². The Hall–Kier alpha value is -2.54. The van der Waals surface area contributed by atoms with Crippen molar-refractivity contribution in [3.8, 4) is 0 Å². The molecule has 0 radical (unpaired) electrons. The zero-order valence-electron chi connectivity index (χ0n) is 11.5. The fourth-order valence-corrected chi connectivity index (χ4v) is 2.64. The summed E-state index contributed by atoms with van der Waals surface area (Å²) in [5.74, 6) is -0.376. The molecule has 0 aliphatic heterocycles. The lowest BCUT2D eigenvalue weighted by atomic mass is 10.1. The van der Waals surface area contributed by atoms with Crippen molar-refractivity contribution in [3.63, 3.8) is 0 Å². The summed E-state index contributed by atoms with van der Waals surface area (Å²) in [5, 5.41) is 7.82. The fraction of sp³-hybridized carbons (Fsp3) is 0.143. The van der Waals surface area contributed by atoms with Crippen LogP contribution in [0.5, 0.6) is 0 Å². The van der Waals surface area contributed by atoms with Gasteiger partial charge in [-0.2, -0.15) is 5.10 Å². The molecule has 0 unspecified atom stereocenters. The monoisotopic (exact) mass is 300 g/mol. The summed E-state index contributed by atoms with van der Waals surface area (Å²) in [7, 11) is 0. The van der Waals surface area contributed by atoms with Gasteiger partial charge in [0, 0.05) is 11.3 Å². The number of Topliss-reactive ketones (excluding diaryl/α,β-unsaturated/α-hetero) is 1. The molecule has 106 valence electrons. The summed E-state index contributed by atoms with van der Waals surface area (Å²) in [6.45, 7) is 3.37. The Labute approximate surface area is 124 Å². The first-order chi connectivity index (χ1) is 10.0. The number of imidazole rings is 1. The molecular formula is C14H12N4O2S. The molecule has 2 heterocycles. The van der Waals surface area contributed by atoms with Gasteiger partial charge in [-0.1, -0.05) is 23.5 Å². The van der Waals surface area contributed by atoms with E-state index < -0.39 is 0 Å². The van der Waals surface area contributed by atoms with Crippen molar-refractivity contribution in [2.75, 3.05) is 5.32 Å². The van der Waals surface area contributed by atoms with Crippen molar-refractivity contribution in [1.29, 1.82) is 0 Å². The largest absolute Gasteiger partial charge is 0.321 e. The van der Waals surface area contributed by atoms with Gasteiger partial charge in [0.05, 0.1) is 6.20 Å². The molecule has 0 aliphatic rings. The molecule has 0 aliphatic carbocycles. The van der Waals surface area contributed by atoms with Crippen LogP contribution in [0.15, 0.2) is 30.5 Å². The van der Waals surface area contributed by atoms with Gasteiger partial charge >= 0.3 is 0 Å². The standard InChI is InChI=1S/C14H12N4O2S/c1-8(19)10-4-3-5-11(6-10)15-13(20)12-7-18-14(16-12)21-9(2)17-18/h3-7H,1-2H3,(H,15,20). The number of benzene rings is 1. The average Bonchev–Trinajstić information content (AvgIpc) is 2.96. The second kappa shape index (κ2) is 5.10. The molecule has 1 aromatic carbocycles. The smallest absolute Gasteiger partial charge is 0.275 e. The quantitative estimate of drug-likeness (QED) is 0.754. The molecule has 0 bridgehead atoms. The molecule has 3 rings (SSSR count). The fourth-order valence-electron chi connectivity index (χ4n) is 1.92. The van der Waals surface area contributed by atoms with Crippen molar-refractivity contribution in [1.82, 2.24) is 14.6 Å². The molecule has 7 heteroatoms. The minimum Gasteiger partial charge on any atom is -0.321 e. The zero-order valence-corrected chi connectivity index (χ0v) is 12.3. The maximum absolute atomic E-state index is 12.2. The van der Waals surface area contributed by atoms with Gasteiger partial charge in [-0.05, 0) is 26.0 Å². The molecule has 21 heavy (non-hydrogen) atoms. The van der Waals surface area contributed by atoms with E-state index in [4.69, 9.17) is 0 Å². The number of hydrogen-bond donors (Lipinski definition) is 1. The number of aromatic nitrogens is 3. The van der Waals surface area contributed by atoms with E-state index in [1.165, 1.54) is 18.3 Å². The summed E-state index contributed by atoms with van der Waals surface area (Å²) in [5.41, 5.74) is 1.41. The zero-order chi connectivity index (χ0) is 15.0. The lowest BCUT2D eigenvalue weighted by Gasteiger charge is -2.04. The van der Waals surface area contributed by atoms with Gasteiger partial charge in [0.2, 0.25) is 4.96 Å². The van der Waals surface area contributed by atoms with Crippen molar-refractivity contribution >= 4 is 33.7 Å². The number of fused-ring (bicyclic) bond motifs is 1. The number of carbonyl (C=O) groups is 2. The van der Waals surface area contributed by atoms with E-state index in [0.717, 1.165) is 5.01 Å². The normalized spacial score (nSPS) is 10.8. The number of carbonyl (C=O) groups excluding carboxylic acids is 2. The summed E-state index contributed by atoms with van der Waals surface area (Å²) in [6.07, 6.45) is 1.59. The van der Waals surface area contributed by atoms with Crippen LogP contribution in [-0.2, 0) is 0 Å². The maximum Gasteiger partial charge on any atom is 0.275 e. The van der Waals surface area contributed by atoms with E-state index in [1.807, 2.05) is 6.92 Å². The summed E-state index contributed by atoms with van der Waals surface area (Å²) >= 11 is 1.42. The van der Waals surface area contributed by atoms with Crippen LogP contribution in [0.3, 0.4) is 0 Å². The Bertz CT molecular complexity index is 818. The highest BCUT2D eigenvalue weighted by Crippen LogP contribution is 2.16. The second-order valence-electron chi connectivity index (χ2n) is 4.57. The Morgan fingerprint density at radius 1 is 1.33 bits per heavy atom. The van der Waals surface area contributed by atoms with Crippen LogP contribution in [0, 0.1) is 6.92 Å². The first kappa shape index (κ1) is 13.4. The SMILES string of the molecule is CC(=O)c1cccc(NC(=O)c2cn3nc(C)sc3n2)c1. The number of nitrogens with zero attached hydrogens (tertiary/aromatic N) is 3. The van der Waals surface area contributed by atoms with E-state index in [2.05, 4.69) is 15.4 Å². The average molecular weight is 300 g/mol. The van der Waals surface area contributed by atoms with Gasteiger partial charge in [0.25, 0.3) is 5.91 Å². The number of amides is 1. The molecule has 0 saturated carbocycles. The predicted octanol–water partition coefficient (Wildman–Crippen LogP) is 2.55. The summed E-state index contributed by atoms with van der Waals surface area (Å²) < 4.78 is 1.58. The van der Waals surface area contributed by atoms with Crippen LogP contribution in [0.4, 0.5) is 5.69 Å². The molecule has 2 aromatic heterocycles. The molecule has 1 N–H and O–H groups in total. The molecule has 3 aromatic rings. The molecular weight excluding hydrogens is 288 g/mol. The Balaban J connectivity index is 1.83. The highest BCUT2D eigenvalue weighted by atomic mass is 32.1. The van der Waals surface area contributed by atoms with Crippen LogP contribution in [0.1, 0.15) is 32.8 Å². The van der Waals surface area contributed by atoms with Gasteiger partial charge in [0.15, 0.2) is 5.78 Å². The van der Waals surface area contributed by atoms with Crippen molar-refractivity contribution < 1.29 is 9.59 Å². The minimum atomic E-state index is -0.328. The molecule has 1 amide bonds. The first-order valence-corrected chi connectivity index (χ1v) is 7.10. The number of aryl methyl sites for hydroxylation is 1. The van der Waals surface area contributed by atoms with Crippen LogP contribution in [-0.4, -0.2) is 26.3 Å². The Morgan fingerprint density at radius 2 is 2.14 bits per heavy atom. The minimum absolute atomic E-state index is 0.0479. The van der Waals surface area contributed by atoms with E-state index in [1.54, 1.807) is 35.0 Å². The summed E-state index contributed by atoms with van der Waals surface area (Å²) in [4.78, 5) is 28.4. The van der Waals surface area contributed by atoms with E-state index in [9.17, 15) is 9.59 Å². The van der Waals surface area contributed by atoms with Gasteiger partial charge < -0.3 is 5.32 Å². The topological polar surface area (TPSA) is 76.4 Å². The number of nitrogens with one attached hydrogen (secondary N) is 1. The molecule has 0 atom stereocenters. The molecule has 0 saturated heterocycles. The van der Waals surface area contributed by atoms with E-state index >= 15 is 0 Å². The van der Waals surface area contributed by atoms with Crippen LogP contribution >= 0.6 is 11.3 Å². The third kappa shape index (κ3) is 2.68. The lowest BCUT2D eigenvalue weighted by Crippen LogP contribution is -2.12. The number of ketones is 1. The van der Waals surface area contributed by atoms with Gasteiger partial charge in [-0.3, -0.25) is 9.59 Å². The van der Waals surface area contributed by atoms with Crippen LogP contribution < -0.4 is 5.32 Å². The van der Waals surface area contributed by atoms with Gasteiger partial charge in [-0.25, -0.2) is 9.50 Å². The van der Waals surface area contributed by atoms with E-state index in [-0.39, 0.29) is 11.7 Å². The highest BCUT2D eigenvalue weighted by Gasteiger charge is 2.13. The third-order valence-electron chi connectivity index (χ3n) is 2.90. The Kier molecular flexibility index (Phi) is 3.26. The second-order valence-corrected chi connectivity index (χ2v) is 5.73. The lowest BCUT2D eigenvalue weighted by molar-refractivity contribution is 0.100. The third-order valence-corrected chi connectivity index (χ3v) is 3.74. The molecule has 0 fully saturated rings. The van der Waals surface area contributed by atoms with Crippen molar-refractivity contribution in [2.45, 2.75) is 13.8 Å². The van der Waals surface area contributed by atoms with Crippen molar-refractivity contribution in [2.24, 2.45) is 0 Å².